The van der Waals surface area contributed by atoms with Crippen LogP contribution in [-0.4, -0.2) is 72.0 Å². The van der Waals surface area contributed by atoms with Gasteiger partial charge in [-0.2, -0.15) is 0 Å². The SMILES string of the molecule is C#C[C@@H](CNC(=O)[C@@H]1CCCN(C(=O)CCC2CCN(C(=O)OC(C)(C)C)CC2)C1)C(=O)Oc1ccc2c(c1)CCC2. The van der Waals surface area contributed by atoms with Crippen LogP contribution in [0.5, 0.6) is 5.75 Å². The summed E-state index contributed by atoms with van der Waals surface area (Å²) in [6.45, 7) is 7.85. The second-order valence-electron chi connectivity index (χ2n) is 12.8. The van der Waals surface area contributed by atoms with E-state index in [0.29, 0.717) is 50.7 Å². The van der Waals surface area contributed by atoms with Crippen LogP contribution in [0, 0.1) is 30.1 Å². The van der Waals surface area contributed by atoms with Crippen LogP contribution in [0.25, 0.3) is 0 Å². The summed E-state index contributed by atoms with van der Waals surface area (Å²) in [6, 6.07) is 5.67. The fourth-order valence-corrected chi connectivity index (χ4v) is 5.99. The standard InChI is InChI=1S/C33H45N3O6/c1-5-24(31(39)41-28-13-12-25-8-6-9-26(25)20-28)21-34-30(38)27-10-7-17-36(22-27)29(37)14-11-23-15-18-35(19-16-23)32(40)42-33(2,3)4/h1,12-13,20,23-24,27H,6-11,14-19,21-22H2,2-4H3,(H,34,38)/t24-,27+/m0/s1. The Morgan fingerprint density at radius 3 is 2.48 bits per heavy atom. The lowest BCUT2D eigenvalue weighted by Gasteiger charge is -2.34. The van der Waals surface area contributed by atoms with Crippen LogP contribution in [0.2, 0.25) is 0 Å². The molecule has 4 rings (SSSR count). The van der Waals surface area contributed by atoms with Crippen LogP contribution in [0.4, 0.5) is 4.79 Å². The second-order valence-corrected chi connectivity index (χ2v) is 12.8. The number of carbonyl (C=O) groups is 4. The minimum atomic E-state index is -0.898. The summed E-state index contributed by atoms with van der Waals surface area (Å²) in [7, 11) is 0. The summed E-state index contributed by atoms with van der Waals surface area (Å²) in [5.74, 6) is 1.36. The summed E-state index contributed by atoms with van der Waals surface area (Å²) in [5.41, 5.74) is 1.97. The Kier molecular flexibility index (Phi) is 10.5. The van der Waals surface area contributed by atoms with Crippen LogP contribution in [0.1, 0.15) is 76.8 Å². The smallest absolute Gasteiger partial charge is 0.410 e. The molecule has 2 aliphatic heterocycles. The van der Waals surface area contributed by atoms with Crippen molar-refractivity contribution >= 4 is 23.9 Å². The highest BCUT2D eigenvalue weighted by molar-refractivity contribution is 5.83. The van der Waals surface area contributed by atoms with Gasteiger partial charge in [0, 0.05) is 39.1 Å². The van der Waals surface area contributed by atoms with Gasteiger partial charge in [-0.1, -0.05) is 12.0 Å². The number of benzene rings is 1. The van der Waals surface area contributed by atoms with Crippen molar-refractivity contribution in [2.45, 2.75) is 84.2 Å². The Labute approximate surface area is 249 Å². The Bertz CT molecular complexity index is 1190. The molecule has 3 amide bonds. The molecule has 1 aliphatic carbocycles. The van der Waals surface area contributed by atoms with Crippen LogP contribution < -0.4 is 10.1 Å². The fraction of sp³-hybridized carbons (Fsp3) is 0.636. The predicted molar refractivity (Wildman–Crippen MR) is 159 cm³/mol. The first-order chi connectivity index (χ1) is 20.0. The lowest BCUT2D eigenvalue weighted by Crippen LogP contribution is -2.46. The largest absolute Gasteiger partial charge is 0.444 e. The zero-order chi connectivity index (χ0) is 30.3. The summed E-state index contributed by atoms with van der Waals surface area (Å²) < 4.78 is 11.0. The molecular formula is C33H45N3O6. The first-order valence-corrected chi connectivity index (χ1v) is 15.4. The Morgan fingerprint density at radius 2 is 1.76 bits per heavy atom. The van der Waals surface area contributed by atoms with Crippen molar-refractivity contribution in [3.63, 3.8) is 0 Å². The number of hydrogen-bond acceptors (Lipinski definition) is 6. The van der Waals surface area contributed by atoms with Gasteiger partial charge in [-0.25, -0.2) is 4.79 Å². The normalized spacial score (nSPS) is 19.8. The molecule has 9 heteroatoms. The molecule has 0 bridgehead atoms. The van der Waals surface area contributed by atoms with Gasteiger partial charge in [0.2, 0.25) is 11.8 Å². The number of fused-ring (bicyclic) bond motifs is 1. The first kappa shape index (κ1) is 31.4. The van der Waals surface area contributed by atoms with Crippen LogP contribution in [0.3, 0.4) is 0 Å². The van der Waals surface area contributed by atoms with Crippen molar-refractivity contribution in [3.05, 3.63) is 29.3 Å². The minimum Gasteiger partial charge on any atom is -0.444 e. The van der Waals surface area contributed by atoms with Gasteiger partial charge in [0.15, 0.2) is 0 Å². The maximum atomic E-state index is 13.0. The Morgan fingerprint density at radius 1 is 1.02 bits per heavy atom. The highest BCUT2D eigenvalue weighted by Gasteiger charge is 2.31. The van der Waals surface area contributed by atoms with Crippen molar-refractivity contribution in [3.8, 4) is 18.1 Å². The summed E-state index contributed by atoms with van der Waals surface area (Å²) in [6.07, 6.45) is 12.8. The molecule has 228 valence electrons. The van der Waals surface area contributed by atoms with Gasteiger partial charge >= 0.3 is 12.1 Å². The number of nitrogens with zero attached hydrogens (tertiary/aromatic N) is 2. The Balaban J connectivity index is 1.17. The molecule has 0 saturated carbocycles. The number of ether oxygens (including phenoxy) is 2. The van der Waals surface area contributed by atoms with E-state index in [0.717, 1.165) is 44.9 Å². The van der Waals surface area contributed by atoms with E-state index in [1.54, 1.807) is 15.9 Å². The molecule has 0 radical (unpaired) electrons. The Hall–Kier alpha value is -3.54. The van der Waals surface area contributed by atoms with E-state index < -0.39 is 17.5 Å². The number of carbonyl (C=O) groups excluding carboxylic acids is 4. The number of aryl methyl sites for hydroxylation is 2. The van der Waals surface area contributed by atoms with E-state index in [1.807, 2.05) is 32.9 Å². The average Bonchev–Trinajstić information content (AvgIpc) is 3.43. The van der Waals surface area contributed by atoms with Gasteiger partial charge < -0.3 is 24.6 Å². The van der Waals surface area contributed by atoms with E-state index in [9.17, 15) is 19.2 Å². The van der Waals surface area contributed by atoms with Gasteiger partial charge in [-0.05, 0) is 101 Å². The number of rotatable bonds is 8. The van der Waals surface area contributed by atoms with Crippen LogP contribution in [-0.2, 0) is 32.0 Å². The second kappa shape index (κ2) is 14.1. The average molecular weight is 580 g/mol. The summed E-state index contributed by atoms with van der Waals surface area (Å²) in [4.78, 5) is 54.5. The third-order valence-electron chi connectivity index (χ3n) is 8.43. The molecule has 9 nitrogen and oxygen atoms in total. The predicted octanol–water partition coefficient (Wildman–Crippen LogP) is 4.11. The van der Waals surface area contributed by atoms with E-state index in [-0.39, 0.29) is 30.4 Å². The molecule has 0 unspecified atom stereocenters. The molecule has 42 heavy (non-hydrogen) atoms. The minimum absolute atomic E-state index is 0.00839. The quantitative estimate of drug-likeness (QED) is 0.282. The molecule has 2 saturated heterocycles. The first-order valence-electron chi connectivity index (χ1n) is 15.4. The van der Waals surface area contributed by atoms with Gasteiger partial charge in [-0.3, -0.25) is 14.4 Å². The third-order valence-corrected chi connectivity index (χ3v) is 8.43. The molecule has 0 aromatic heterocycles. The van der Waals surface area contributed by atoms with Gasteiger partial charge in [0.1, 0.15) is 17.3 Å². The molecule has 0 spiro atoms. The molecule has 2 fully saturated rings. The lowest BCUT2D eigenvalue weighted by atomic mass is 9.91. The highest BCUT2D eigenvalue weighted by atomic mass is 16.6. The van der Waals surface area contributed by atoms with Crippen molar-refractivity contribution < 1.29 is 28.7 Å². The van der Waals surface area contributed by atoms with Crippen molar-refractivity contribution in [1.82, 2.24) is 15.1 Å². The molecular weight excluding hydrogens is 534 g/mol. The zero-order valence-corrected chi connectivity index (χ0v) is 25.3. The fourth-order valence-electron chi connectivity index (χ4n) is 5.99. The maximum absolute atomic E-state index is 13.0. The van der Waals surface area contributed by atoms with E-state index >= 15 is 0 Å². The van der Waals surface area contributed by atoms with Crippen molar-refractivity contribution in [2.75, 3.05) is 32.7 Å². The van der Waals surface area contributed by atoms with Gasteiger partial charge in [0.05, 0.1) is 5.92 Å². The summed E-state index contributed by atoms with van der Waals surface area (Å²) >= 11 is 0. The number of likely N-dealkylation sites (tertiary alicyclic amines) is 2. The maximum Gasteiger partial charge on any atom is 0.410 e. The molecule has 3 aliphatic rings. The molecule has 2 atom stereocenters. The molecule has 1 aromatic rings. The monoisotopic (exact) mass is 579 g/mol. The van der Waals surface area contributed by atoms with Crippen LogP contribution in [0.15, 0.2) is 18.2 Å². The van der Waals surface area contributed by atoms with E-state index in [2.05, 4.69) is 11.2 Å². The molecule has 1 N–H and O–H groups in total. The highest BCUT2D eigenvalue weighted by Crippen LogP contribution is 2.27. The molecule has 2 heterocycles. The molecule has 1 aromatic carbocycles. The zero-order valence-electron chi connectivity index (χ0n) is 25.3. The van der Waals surface area contributed by atoms with Crippen molar-refractivity contribution in [1.29, 1.82) is 0 Å². The number of nitrogens with one attached hydrogen (secondary N) is 1. The van der Waals surface area contributed by atoms with Gasteiger partial charge in [-0.15, -0.1) is 6.42 Å². The topological polar surface area (TPSA) is 105 Å². The number of esters is 1. The van der Waals surface area contributed by atoms with Gasteiger partial charge in [0.25, 0.3) is 0 Å². The number of hydrogen-bond donors (Lipinski definition) is 1. The number of terminal acetylenes is 1. The number of piperidine rings is 2. The van der Waals surface area contributed by atoms with E-state index in [4.69, 9.17) is 15.9 Å². The number of amides is 3. The third kappa shape index (κ3) is 8.73. The van der Waals surface area contributed by atoms with Crippen LogP contribution >= 0.6 is 0 Å². The van der Waals surface area contributed by atoms with Crippen molar-refractivity contribution in [2.24, 2.45) is 17.8 Å². The lowest BCUT2D eigenvalue weighted by molar-refractivity contribution is -0.137. The summed E-state index contributed by atoms with van der Waals surface area (Å²) in [5, 5.41) is 2.82. The van der Waals surface area contributed by atoms with E-state index in [1.165, 1.54) is 11.1 Å².